The van der Waals surface area contributed by atoms with Crippen LogP contribution < -0.4 is 5.32 Å². The van der Waals surface area contributed by atoms with E-state index in [0.29, 0.717) is 5.92 Å². The Morgan fingerprint density at radius 3 is 2.74 bits per heavy atom. The van der Waals surface area contributed by atoms with Crippen LogP contribution in [0.2, 0.25) is 0 Å². The summed E-state index contributed by atoms with van der Waals surface area (Å²) in [4.78, 5) is 1.77. The van der Waals surface area contributed by atoms with E-state index in [4.69, 9.17) is 0 Å². The lowest BCUT2D eigenvalue weighted by atomic mass is 9.87. The molecule has 0 spiro atoms. The number of rotatable bonds is 3. The highest BCUT2D eigenvalue weighted by molar-refractivity contribution is 5.85. The first-order valence-corrected chi connectivity index (χ1v) is 7.84. The summed E-state index contributed by atoms with van der Waals surface area (Å²) in [5.74, 6) is 0.490. The first kappa shape index (κ1) is 15.9. The van der Waals surface area contributed by atoms with E-state index in [2.05, 4.69) is 63.2 Å². The molecule has 1 unspecified atom stereocenters. The molecule has 2 heterocycles. The number of hydrogen-bond donors (Lipinski definition) is 1. The van der Waals surface area contributed by atoms with Gasteiger partial charge in [-0.2, -0.15) is 4.80 Å². The van der Waals surface area contributed by atoms with Gasteiger partial charge in [-0.1, -0.05) is 36.4 Å². The van der Waals surface area contributed by atoms with Crippen LogP contribution in [0, 0.1) is 5.92 Å². The Labute approximate surface area is 141 Å². The average Bonchev–Trinajstić information content (AvgIpc) is 3.10. The van der Waals surface area contributed by atoms with Crippen molar-refractivity contribution in [2.45, 2.75) is 18.9 Å². The van der Waals surface area contributed by atoms with Gasteiger partial charge in [0.1, 0.15) is 6.04 Å². The fraction of sp³-hybridized carbons (Fsp3) is 0.353. The molecule has 0 aliphatic carbocycles. The molecule has 1 aromatic heterocycles. The van der Waals surface area contributed by atoms with E-state index in [-0.39, 0.29) is 18.4 Å². The van der Waals surface area contributed by atoms with Gasteiger partial charge in [-0.3, -0.25) is 0 Å². The molecule has 3 aromatic rings. The lowest BCUT2D eigenvalue weighted by Crippen LogP contribution is -2.36. The van der Waals surface area contributed by atoms with Gasteiger partial charge in [-0.15, -0.1) is 22.6 Å². The van der Waals surface area contributed by atoms with E-state index in [1.807, 2.05) is 0 Å². The van der Waals surface area contributed by atoms with Crippen LogP contribution in [-0.2, 0) is 0 Å². The van der Waals surface area contributed by atoms with Crippen LogP contribution >= 0.6 is 12.4 Å². The van der Waals surface area contributed by atoms with Crippen molar-refractivity contribution in [3.8, 4) is 0 Å². The summed E-state index contributed by atoms with van der Waals surface area (Å²) < 4.78 is 0. The molecule has 1 fully saturated rings. The molecule has 2 aromatic carbocycles. The van der Waals surface area contributed by atoms with E-state index >= 15 is 0 Å². The fourth-order valence-corrected chi connectivity index (χ4v) is 3.44. The van der Waals surface area contributed by atoms with Gasteiger partial charge >= 0.3 is 0 Å². The Morgan fingerprint density at radius 1 is 1.13 bits per heavy atom. The van der Waals surface area contributed by atoms with E-state index < -0.39 is 0 Å². The van der Waals surface area contributed by atoms with E-state index in [1.165, 1.54) is 35.5 Å². The van der Waals surface area contributed by atoms with Crippen molar-refractivity contribution < 1.29 is 0 Å². The maximum absolute atomic E-state index is 4.31. The number of nitrogens with zero attached hydrogens (tertiary/aromatic N) is 4. The number of nitrogens with one attached hydrogen (secondary N) is 1. The number of aromatic nitrogens is 4. The van der Waals surface area contributed by atoms with Gasteiger partial charge in [-0.05, 0) is 52.9 Å². The van der Waals surface area contributed by atoms with Crippen molar-refractivity contribution in [1.82, 2.24) is 25.5 Å². The highest BCUT2D eigenvalue weighted by Crippen LogP contribution is 2.31. The Hall–Kier alpha value is -1.98. The van der Waals surface area contributed by atoms with Crippen molar-refractivity contribution in [1.29, 1.82) is 0 Å². The third-order valence-corrected chi connectivity index (χ3v) is 4.51. The molecule has 0 amide bonds. The van der Waals surface area contributed by atoms with E-state index in [9.17, 15) is 0 Å². The van der Waals surface area contributed by atoms with Crippen LogP contribution in [0.15, 0.2) is 48.8 Å². The summed E-state index contributed by atoms with van der Waals surface area (Å²) in [7, 11) is 0. The molecular formula is C17H20ClN5. The normalized spacial score (nSPS) is 19.2. The second-order valence-corrected chi connectivity index (χ2v) is 5.91. The summed E-state index contributed by atoms with van der Waals surface area (Å²) in [5.41, 5.74) is 1.26. The molecule has 0 radical (unpaired) electrons. The van der Waals surface area contributed by atoms with Crippen molar-refractivity contribution in [2.24, 2.45) is 5.92 Å². The van der Waals surface area contributed by atoms with Gasteiger partial charge < -0.3 is 5.32 Å². The number of tetrazole rings is 1. The number of benzene rings is 2. The summed E-state index contributed by atoms with van der Waals surface area (Å²) in [6, 6.07) is 15.2. The van der Waals surface area contributed by atoms with Crippen molar-refractivity contribution in [2.75, 3.05) is 13.1 Å². The second kappa shape index (κ2) is 7.06. The van der Waals surface area contributed by atoms with Crippen LogP contribution in [0.1, 0.15) is 24.4 Å². The molecule has 1 N–H and O–H groups in total. The lowest BCUT2D eigenvalue weighted by molar-refractivity contribution is 0.261. The van der Waals surface area contributed by atoms with Crippen LogP contribution in [-0.4, -0.2) is 33.3 Å². The second-order valence-electron chi connectivity index (χ2n) is 5.91. The molecule has 1 aliphatic heterocycles. The largest absolute Gasteiger partial charge is 0.316 e. The Balaban J connectivity index is 0.00000156. The monoisotopic (exact) mass is 329 g/mol. The van der Waals surface area contributed by atoms with Crippen LogP contribution in [0.4, 0.5) is 0 Å². The number of halogens is 1. The molecule has 2 atom stereocenters. The third-order valence-electron chi connectivity index (χ3n) is 4.51. The number of piperidine rings is 1. The molecule has 1 aliphatic rings. The standard InChI is InChI=1S/C17H19N5.ClH/c1-2-5-14-10-15(8-7-13(14)4-1)17(22-20-12-19-21-22)16-6-3-9-18-11-16;/h1-2,4-5,7-8,10,12,16-18H,3,6,9,11H2;1H/t16-,17?;/m1./s1. The Morgan fingerprint density at radius 2 is 2.00 bits per heavy atom. The Kier molecular flexibility index (Phi) is 4.88. The predicted octanol–water partition coefficient (Wildman–Crippen LogP) is 2.84. The number of fused-ring (bicyclic) bond motifs is 1. The van der Waals surface area contributed by atoms with Gasteiger partial charge in [0.15, 0.2) is 6.33 Å². The Bertz CT molecular complexity index is 753. The summed E-state index contributed by atoms with van der Waals surface area (Å²) in [5, 5.41) is 18.4. The first-order chi connectivity index (χ1) is 10.9. The minimum Gasteiger partial charge on any atom is -0.316 e. The van der Waals surface area contributed by atoms with Crippen LogP contribution in [0.25, 0.3) is 10.8 Å². The molecule has 23 heavy (non-hydrogen) atoms. The number of hydrogen-bond acceptors (Lipinski definition) is 4. The van der Waals surface area contributed by atoms with Gasteiger partial charge in [0.25, 0.3) is 0 Å². The minimum absolute atomic E-state index is 0. The van der Waals surface area contributed by atoms with Crippen molar-refractivity contribution >= 4 is 23.2 Å². The molecule has 1 saturated heterocycles. The highest BCUT2D eigenvalue weighted by Gasteiger charge is 2.28. The summed E-state index contributed by atoms with van der Waals surface area (Å²) in [6.07, 6.45) is 3.90. The van der Waals surface area contributed by atoms with Gasteiger partial charge in [-0.25, -0.2) is 0 Å². The smallest absolute Gasteiger partial charge is 0.162 e. The highest BCUT2D eigenvalue weighted by atomic mass is 35.5. The SMILES string of the molecule is Cl.c1ccc2cc(C([C@@H]3CCCNC3)n3ncnn3)ccc2c1. The molecule has 120 valence electrons. The topological polar surface area (TPSA) is 55.6 Å². The predicted molar refractivity (Wildman–Crippen MR) is 92.7 cm³/mol. The average molecular weight is 330 g/mol. The molecular weight excluding hydrogens is 310 g/mol. The molecule has 0 saturated carbocycles. The summed E-state index contributed by atoms with van der Waals surface area (Å²) >= 11 is 0. The molecule has 4 rings (SSSR count). The van der Waals surface area contributed by atoms with Crippen LogP contribution in [0.3, 0.4) is 0 Å². The minimum atomic E-state index is 0. The van der Waals surface area contributed by atoms with Gasteiger partial charge in [0, 0.05) is 6.54 Å². The maximum atomic E-state index is 4.31. The zero-order valence-electron chi connectivity index (χ0n) is 12.8. The quantitative estimate of drug-likeness (QED) is 0.802. The third kappa shape index (κ3) is 3.21. The molecule has 6 heteroatoms. The molecule has 5 nitrogen and oxygen atoms in total. The zero-order valence-corrected chi connectivity index (χ0v) is 13.6. The van der Waals surface area contributed by atoms with Crippen molar-refractivity contribution in [3.05, 3.63) is 54.4 Å². The fourth-order valence-electron chi connectivity index (χ4n) is 3.44. The maximum Gasteiger partial charge on any atom is 0.162 e. The summed E-state index contributed by atoms with van der Waals surface area (Å²) in [6.45, 7) is 2.10. The van der Waals surface area contributed by atoms with Gasteiger partial charge in [0.2, 0.25) is 0 Å². The molecule has 0 bridgehead atoms. The first-order valence-electron chi connectivity index (χ1n) is 7.84. The zero-order chi connectivity index (χ0) is 14.8. The van der Waals surface area contributed by atoms with E-state index in [0.717, 1.165) is 13.1 Å². The van der Waals surface area contributed by atoms with Crippen molar-refractivity contribution in [3.63, 3.8) is 0 Å². The van der Waals surface area contributed by atoms with E-state index in [1.54, 1.807) is 4.80 Å². The van der Waals surface area contributed by atoms with Gasteiger partial charge in [0.05, 0.1) is 0 Å². The lowest BCUT2D eigenvalue weighted by Gasteiger charge is -2.30. The van der Waals surface area contributed by atoms with Crippen LogP contribution in [0.5, 0.6) is 0 Å².